The number of methoxy groups -OCH3 is 1. The smallest absolute Gasteiger partial charge is 0.257 e. The van der Waals surface area contributed by atoms with Crippen LogP contribution < -0.4 is 4.74 Å². The molecule has 4 aromatic rings. The summed E-state index contributed by atoms with van der Waals surface area (Å²) in [6.45, 7) is 7.52. The third-order valence-corrected chi connectivity index (χ3v) is 7.47. The molecule has 0 saturated carbocycles. The molecule has 0 bridgehead atoms. The van der Waals surface area contributed by atoms with E-state index in [1.54, 1.807) is 18.4 Å². The SMILES string of the molecule is COc1ccc(-c2noc(CN3CCN(C(=O)c4c(-n5cccc5)sc(C)c4C)CC3)n2)cc1. The van der Waals surface area contributed by atoms with Gasteiger partial charge in [0.2, 0.25) is 11.7 Å². The number of thiophene rings is 1. The lowest BCUT2D eigenvalue weighted by Gasteiger charge is -2.34. The standard InChI is InChI=1S/C25H27N5O3S/c1-17-18(2)34-25(30-10-4-5-11-30)22(17)24(31)29-14-12-28(13-15-29)16-21-26-23(27-33-21)19-6-8-20(32-3)9-7-19/h4-11H,12-16H2,1-3H3. The first-order valence-electron chi connectivity index (χ1n) is 11.3. The summed E-state index contributed by atoms with van der Waals surface area (Å²) >= 11 is 1.67. The fourth-order valence-corrected chi connectivity index (χ4v) is 5.26. The molecule has 3 aromatic heterocycles. The minimum Gasteiger partial charge on any atom is -0.497 e. The molecule has 0 N–H and O–H groups in total. The van der Waals surface area contributed by atoms with Crippen LogP contribution in [-0.2, 0) is 6.54 Å². The molecule has 9 heteroatoms. The lowest BCUT2D eigenvalue weighted by atomic mass is 10.1. The zero-order valence-corrected chi connectivity index (χ0v) is 20.3. The van der Waals surface area contributed by atoms with Crippen LogP contribution in [0.5, 0.6) is 5.75 Å². The van der Waals surface area contributed by atoms with E-state index in [1.807, 2.05) is 65.2 Å². The van der Waals surface area contributed by atoms with Crippen molar-refractivity contribution >= 4 is 17.2 Å². The van der Waals surface area contributed by atoms with E-state index in [9.17, 15) is 4.79 Å². The van der Waals surface area contributed by atoms with E-state index in [2.05, 4.69) is 22.0 Å². The predicted molar refractivity (Wildman–Crippen MR) is 131 cm³/mol. The van der Waals surface area contributed by atoms with Crippen LogP contribution in [0.4, 0.5) is 0 Å². The Kier molecular flexibility index (Phi) is 6.21. The molecule has 0 spiro atoms. The summed E-state index contributed by atoms with van der Waals surface area (Å²) in [7, 11) is 1.64. The van der Waals surface area contributed by atoms with Crippen LogP contribution in [0.1, 0.15) is 26.7 Å². The fraction of sp³-hybridized carbons (Fsp3) is 0.320. The summed E-state index contributed by atoms with van der Waals surface area (Å²) in [6, 6.07) is 11.5. The molecule has 1 amide bonds. The number of rotatable bonds is 6. The van der Waals surface area contributed by atoms with Gasteiger partial charge >= 0.3 is 0 Å². The monoisotopic (exact) mass is 477 g/mol. The average molecular weight is 478 g/mol. The summed E-state index contributed by atoms with van der Waals surface area (Å²) in [6.07, 6.45) is 3.98. The van der Waals surface area contributed by atoms with Gasteiger partial charge in [0, 0.05) is 49.0 Å². The van der Waals surface area contributed by atoms with Crippen LogP contribution in [0, 0.1) is 13.8 Å². The molecule has 0 aliphatic carbocycles. The van der Waals surface area contributed by atoms with Crippen molar-refractivity contribution in [1.29, 1.82) is 0 Å². The number of piperazine rings is 1. The van der Waals surface area contributed by atoms with E-state index in [-0.39, 0.29) is 5.91 Å². The minimum absolute atomic E-state index is 0.102. The van der Waals surface area contributed by atoms with Crippen LogP contribution in [0.15, 0.2) is 53.3 Å². The quantitative estimate of drug-likeness (QED) is 0.415. The summed E-state index contributed by atoms with van der Waals surface area (Å²) in [5, 5.41) is 5.11. The highest BCUT2D eigenvalue weighted by Crippen LogP contribution is 2.32. The molecule has 1 aliphatic rings. The number of aromatic nitrogens is 3. The minimum atomic E-state index is 0.102. The molecule has 1 aliphatic heterocycles. The average Bonchev–Trinajstić information content (AvgIpc) is 3.61. The van der Waals surface area contributed by atoms with Gasteiger partial charge in [-0.2, -0.15) is 4.98 Å². The van der Waals surface area contributed by atoms with Crippen molar-refractivity contribution in [3.63, 3.8) is 0 Å². The molecule has 1 aromatic carbocycles. The molecule has 0 radical (unpaired) electrons. The predicted octanol–water partition coefficient (Wildman–Crippen LogP) is 4.17. The number of hydrogen-bond acceptors (Lipinski definition) is 7. The maximum Gasteiger partial charge on any atom is 0.257 e. The maximum absolute atomic E-state index is 13.5. The largest absolute Gasteiger partial charge is 0.497 e. The number of nitrogens with zero attached hydrogens (tertiary/aromatic N) is 5. The topological polar surface area (TPSA) is 76.6 Å². The fourth-order valence-electron chi connectivity index (χ4n) is 4.15. The Morgan fingerprint density at radius 2 is 1.79 bits per heavy atom. The summed E-state index contributed by atoms with van der Waals surface area (Å²) in [4.78, 5) is 23.4. The van der Waals surface area contributed by atoms with Gasteiger partial charge in [0.1, 0.15) is 10.8 Å². The lowest BCUT2D eigenvalue weighted by Crippen LogP contribution is -2.48. The van der Waals surface area contributed by atoms with Gasteiger partial charge in [-0.25, -0.2) is 0 Å². The maximum atomic E-state index is 13.5. The molecule has 5 rings (SSSR count). The second-order valence-electron chi connectivity index (χ2n) is 8.36. The number of aryl methyl sites for hydroxylation is 1. The second-order valence-corrected chi connectivity index (χ2v) is 9.57. The third kappa shape index (κ3) is 4.36. The molecule has 1 saturated heterocycles. The second kappa shape index (κ2) is 9.44. The molecule has 4 heterocycles. The summed E-state index contributed by atoms with van der Waals surface area (Å²) in [5.74, 6) is 2.02. The summed E-state index contributed by atoms with van der Waals surface area (Å²) in [5.41, 5.74) is 2.76. The molecule has 176 valence electrons. The third-order valence-electron chi connectivity index (χ3n) is 6.25. The van der Waals surface area contributed by atoms with Crippen LogP contribution in [0.3, 0.4) is 0 Å². The van der Waals surface area contributed by atoms with E-state index in [1.165, 1.54) is 4.88 Å². The number of hydrogen-bond donors (Lipinski definition) is 0. The van der Waals surface area contributed by atoms with E-state index in [0.717, 1.165) is 40.5 Å². The molecule has 34 heavy (non-hydrogen) atoms. The van der Waals surface area contributed by atoms with Gasteiger partial charge in [-0.15, -0.1) is 11.3 Å². The lowest BCUT2D eigenvalue weighted by molar-refractivity contribution is 0.0615. The number of ether oxygens (including phenoxy) is 1. The van der Waals surface area contributed by atoms with Crippen molar-refractivity contribution in [1.82, 2.24) is 24.5 Å². The first kappa shape index (κ1) is 22.4. The Hall–Kier alpha value is -3.43. The highest BCUT2D eigenvalue weighted by atomic mass is 32.1. The first-order chi connectivity index (χ1) is 16.5. The highest BCUT2D eigenvalue weighted by molar-refractivity contribution is 7.15. The van der Waals surface area contributed by atoms with Gasteiger partial charge in [-0.1, -0.05) is 5.16 Å². The van der Waals surface area contributed by atoms with Gasteiger partial charge < -0.3 is 18.7 Å². The van der Waals surface area contributed by atoms with E-state index in [0.29, 0.717) is 31.3 Å². The van der Waals surface area contributed by atoms with Gasteiger partial charge in [0.05, 0.1) is 19.2 Å². The van der Waals surface area contributed by atoms with Crippen molar-refractivity contribution < 1.29 is 14.1 Å². The molecule has 8 nitrogen and oxygen atoms in total. The van der Waals surface area contributed by atoms with Gasteiger partial charge in [-0.3, -0.25) is 9.69 Å². The van der Waals surface area contributed by atoms with Crippen LogP contribution in [-0.4, -0.2) is 63.7 Å². The highest BCUT2D eigenvalue weighted by Gasteiger charge is 2.28. The van der Waals surface area contributed by atoms with Crippen LogP contribution in [0.25, 0.3) is 16.4 Å². The molecule has 0 unspecified atom stereocenters. The van der Waals surface area contributed by atoms with Gasteiger partial charge in [0.15, 0.2) is 0 Å². The van der Waals surface area contributed by atoms with Crippen molar-refractivity contribution in [3.8, 4) is 22.1 Å². The van der Waals surface area contributed by atoms with Crippen molar-refractivity contribution in [3.05, 3.63) is 70.7 Å². The first-order valence-corrected chi connectivity index (χ1v) is 12.1. The molecule has 0 atom stereocenters. The number of amides is 1. The Labute approximate surface area is 202 Å². The zero-order chi connectivity index (χ0) is 23.7. The van der Waals surface area contributed by atoms with Gasteiger partial charge in [-0.05, 0) is 55.8 Å². The van der Waals surface area contributed by atoms with E-state index >= 15 is 0 Å². The van der Waals surface area contributed by atoms with Crippen LogP contribution >= 0.6 is 11.3 Å². The van der Waals surface area contributed by atoms with Crippen LogP contribution in [0.2, 0.25) is 0 Å². The molecular formula is C25H27N5O3S. The molecular weight excluding hydrogens is 450 g/mol. The number of carbonyl (C=O) groups excluding carboxylic acids is 1. The van der Waals surface area contributed by atoms with Crippen molar-refractivity contribution in [2.24, 2.45) is 0 Å². The van der Waals surface area contributed by atoms with E-state index < -0.39 is 0 Å². The Morgan fingerprint density at radius 3 is 2.47 bits per heavy atom. The number of benzene rings is 1. The Morgan fingerprint density at radius 1 is 1.09 bits per heavy atom. The van der Waals surface area contributed by atoms with E-state index in [4.69, 9.17) is 9.26 Å². The Balaban J connectivity index is 1.22. The van der Waals surface area contributed by atoms with Crippen molar-refractivity contribution in [2.75, 3.05) is 33.3 Å². The normalized spacial score (nSPS) is 14.5. The number of carbonyl (C=O) groups is 1. The summed E-state index contributed by atoms with van der Waals surface area (Å²) < 4.78 is 12.7. The van der Waals surface area contributed by atoms with Gasteiger partial charge in [0.25, 0.3) is 5.91 Å². The van der Waals surface area contributed by atoms with Crippen molar-refractivity contribution in [2.45, 2.75) is 20.4 Å². The Bertz CT molecular complexity index is 1270. The zero-order valence-electron chi connectivity index (χ0n) is 19.5. The molecule has 1 fully saturated rings.